The van der Waals surface area contributed by atoms with Gasteiger partial charge in [-0.3, -0.25) is 4.79 Å². The zero-order valence-electron chi connectivity index (χ0n) is 10.2. The normalized spacial score (nSPS) is 24.9. The second kappa shape index (κ2) is 4.32. The molecule has 0 saturated heterocycles. The molecule has 15 heavy (non-hydrogen) atoms. The van der Waals surface area contributed by atoms with Crippen LogP contribution in [-0.4, -0.2) is 17.8 Å². The number of alkyl halides is 1. The summed E-state index contributed by atoms with van der Waals surface area (Å²) in [5, 5.41) is 3.01. The molecule has 1 aliphatic carbocycles. The van der Waals surface area contributed by atoms with Crippen LogP contribution in [0.3, 0.4) is 0 Å². The van der Waals surface area contributed by atoms with Gasteiger partial charge in [-0.1, -0.05) is 27.7 Å². The fourth-order valence-electron chi connectivity index (χ4n) is 3.21. The lowest BCUT2D eigenvalue weighted by Gasteiger charge is -2.45. The molecule has 0 aromatic heterocycles. The first-order valence-corrected chi connectivity index (χ1v) is 6.13. The van der Waals surface area contributed by atoms with Gasteiger partial charge in [-0.2, -0.15) is 0 Å². The monoisotopic (exact) mass is 231 g/mol. The van der Waals surface area contributed by atoms with Crippen molar-refractivity contribution in [3.8, 4) is 0 Å². The zero-order valence-corrected chi connectivity index (χ0v) is 10.9. The van der Waals surface area contributed by atoms with Gasteiger partial charge in [0, 0.05) is 6.04 Å². The number of carbonyl (C=O) groups is 1. The topological polar surface area (TPSA) is 29.1 Å². The van der Waals surface area contributed by atoms with E-state index in [1.54, 1.807) is 0 Å². The highest BCUT2D eigenvalue weighted by Gasteiger charge is 2.38. The van der Waals surface area contributed by atoms with Crippen LogP contribution in [0.5, 0.6) is 0 Å². The Morgan fingerprint density at radius 3 is 2.13 bits per heavy atom. The third-order valence-corrected chi connectivity index (χ3v) is 3.28. The molecule has 1 rings (SSSR count). The molecule has 0 atom stereocenters. The van der Waals surface area contributed by atoms with Crippen LogP contribution in [0.1, 0.15) is 47.0 Å². The smallest absolute Gasteiger partial charge is 0.235 e. The Bertz CT molecular complexity index is 232. The fourth-order valence-corrected chi connectivity index (χ4v) is 3.29. The molecular formula is C12H22ClNO. The Kier molecular flexibility index (Phi) is 3.70. The summed E-state index contributed by atoms with van der Waals surface area (Å²) in [5.74, 6) is 0.0207. The van der Waals surface area contributed by atoms with Crippen LogP contribution in [0.15, 0.2) is 0 Å². The molecule has 88 valence electrons. The maximum absolute atomic E-state index is 11.3. The number of hydrogen-bond acceptors (Lipinski definition) is 1. The van der Waals surface area contributed by atoms with Crippen molar-refractivity contribution in [3.05, 3.63) is 0 Å². The number of rotatable bonds is 2. The fraction of sp³-hybridized carbons (Fsp3) is 0.917. The third kappa shape index (κ3) is 4.02. The molecule has 1 N–H and O–H groups in total. The predicted molar refractivity (Wildman–Crippen MR) is 64.1 cm³/mol. The van der Waals surface area contributed by atoms with Crippen LogP contribution in [0.25, 0.3) is 0 Å². The molecule has 3 heteroatoms. The quantitative estimate of drug-likeness (QED) is 0.728. The van der Waals surface area contributed by atoms with Crippen molar-refractivity contribution in [3.63, 3.8) is 0 Å². The van der Waals surface area contributed by atoms with Crippen LogP contribution in [0.2, 0.25) is 0 Å². The average Bonchev–Trinajstić information content (AvgIpc) is 1.97. The second-order valence-corrected chi connectivity index (χ2v) is 6.58. The van der Waals surface area contributed by atoms with Crippen LogP contribution >= 0.6 is 11.6 Å². The van der Waals surface area contributed by atoms with Crippen molar-refractivity contribution in [1.82, 2.24) is 5.32 Å². The van der Waals surface area contributed by atoms with E-state index in [0.29, 0.717) is 10.8 Å². The van der Waals surface area contributed by atoms with Gasteiger partial charge in [-0.15, -0.1) is 11.6 Å². The van der Waals surface area contributed by atoms with Crippen molar-refractivity contribution in [1.29, 1.82) is 0 Å². The van der Waals surface area contributed by atoms with Crippen LogP contribution < -0.4 is 5.32 Å². The van der Waals surface area contributed by atoms with Gasteiger partial charge in [0.1, 0.15) is 5.88 Å². The highest BCUT2D eigenvalue weighted by atomic mass is 35.5. The average molecular weight is 232 g/mol. The van der Waals surface area contributed by atoms with Crippen molar-refractivity contribution < 1.29 is 4.79 Å². The summed E-state index contributed by atoms with van der Waals surface area (Å²) < 4.78 is 0. The van der Waals surface area contributed by atoms with Gasteiger partial charge in [-0.05, 0) is 30.1 Å². The lowest BCUT2D eigenvalue weighted by Crippen LogP contribution is -2.46. The lowest BCUT2D eigenvalue weighted by atomic mass is 9.63. The van der Waals surface area contributed by atoms with Gasteiger partial charge in [0.05, 0.1) is 0 Å². The van der Waals surface area contributed by atoms with E-state index in [0.717, 1.165) is 12.8 Å². The largest absolute Gasteiger partial charge is 0.352 e. The first-order valence-electron chi connectivity index (χ1n) is 5.59. The Hall–Kier alpha value is -0.240. The second-order valence-electron chi connectivity index (χ2n) is 6.31. The molecule has 1 saturated carbocycles. The molecule has 0 aromatic carbocycles. The lowest BCUT2D eigenvalue weighted by molar-refractivity contribution is -0.120. The molecule has 0 heterocycles. The Morgan fingerprint density at radius 2 is 1.73 bits per heavy atom. The maximum atomic E-state index is 11.3. The number of hydrogen-bond donors (Lipinski definition) is 1. The third-order valence-electron chi connectivity index (χ3n) is 3.04. The minimum atomic E-state index is -0.0461. The molecular weight excluding hydrogens is 210 g/mol. The van der Waals surface area contributed by atoms with Crippen LogP contribution in [-0.2, 0) is 4.79 Å². The molecule has 1 fully saturated rings. The predicted octanol–water partition coefficient (Wildman–Crippen LogP) is 2.95. The summed E-state index contributed by atoms with van der Waals surface area (Å²) in [6, 6.07) is 0.287. The summed E-state index contributed by atoms with van der Waals surface area (Å²) in [5.41, 5.74) is 0.623. The Balaban J connectivity index is 2.63. The Morgan fingerprint density at radius 1 is 1.27 bits per heavy atom. The molecule has 0 radical (unpaired) electrons. The first kappa shape index (κ1) is 12.8. The highest BCUT2D eigenvalue weighted by molar-refractivity contribution is 6.27. The van der Waals surface area contributed by atoms with Gasteiger partial charge < -0.3 is 5.32 Å². The van der Waals surface area contributed by atoms with E-state index in [4.69, 9.17) is 11.6 Å². The number of amides is 1. The summed E-state index contributed by atoms with van der Waals surface area (Å²) >= 11 is 5.50. The Labute approximate surface area is 97.8 Å². The van der Waals surface area contributed by atoms with E-state index in [1.165, 1.54) is 6.42 Å². The number of nitrogens with one attached hydrogen (secondary N) is 1. The minimum Gasteiger partial charge on any atom is -0.352 e. The summed E-state index contributed by atoms with van der Waals surface area (Å²) in [4.78, 5) is 11.3. The van der Waals surface area contributed by atoms with Gasteiger partial charge >= 0.3 is 0 Å². The van der Waals surface area contributed by atoms with E-state index in [9.17, 15) is 4.79 Å². The molecule has 1 amide bonds. The van der Waals surface area contributed by atoms with Crippen molar-refractivity contribution in [2.24, 2.45) is 10.8 Å². The van der Waals surface area contributed by atoms with Crippen molar-refractivity contribution >= 4 is 17.5 Å². The van der Waals surface area contributed by atoms with Gasteiger partial charge in [0.15, 0.2) is 0 Å². The van der Waals surface area contributed by atoms with Gasteiger partial charge in [0.2, 0.25) is 5.91 Å². The molecule has 1 aliphatic rings. The van der Waals surface area contributed by atoms with Crippen LogP contribution in [0.4, 0.5) is 0 Å². The van der Waals surface area contributed by atoms with E-state index in [2.05, 4.69) is 33.0 Å². The molecule has 0 spiro atoms. The molecule has 0 bridgehead atoms. The molecule has 0 aliphatic heterocycles. The summed E-state index contributed by atoms with van der Waals surface area (Å²) in [6.07, 6.45) is 3.32. The van der Waals surface area contributed by atoms with Gasteiger partial charge in [0.25, 0.3) is 0 Å². The summed E-state index contributed by atoms with van der Waals surface area (Å²) in [7, 11) is 0. The van der Waals surface area contributed by atoms with Crippen molar-refractivity contribution in [2.75, 3.05) is 5.88 Å². The van der Waals surface area contributed by atoms with E-state index in [1.807, 2.05) is 0 Å². The van der Waals surface area contributed by atoms with E-state index < -0.39 is 0 Å². The van der Waals surface area contributed by atoms with Crippen molar-refractivity contribution in [2.45, 2.75) is 53.0 Å². The van der Waals surface area contributed by atoms with E-state index in [-0.39, 0.29) is 17.8 Å². The molecule has 2 nitrogen and oxygen atoms in total. The minimum absolute atomic E-state index is 0.0461. The van der Waals surface area contributed by atoms with Gasteiger partial charge in [-0.25, -0.2) is 0 Å². The SMILES string of the molecule is CC1(C)CC(NC(=O)CCl)CC(C)(C)C1. The number of carbonyl (C=O) groups excluding carboxylic acids is 1. The van der Waals surface area contributed by atoms with E-state index >= 15 is 0 Å². The van der Waals surface area contributed by atoms with Crippen LogP contribution in [0, 0.1) is 10.8 Å². The first-order chi connectivity index (χ1) is 6.74. The molecule has 0 aromatic rings. The summed E-state index contributed by atoms with van der Waals surface area (Å²) in [6.45, 7) is 9.09. The zero-order chi connectivity index (χ0) is 11.7. The number of halogens is 1. The standard InChI is InChI=1S/C12H22ClNO/c1-11(2)5-9(14-10(15)7-13)6-12(3,4)8-11/h9H,5-8H2,1-4H3,(H,14,15). The molecule has 0 unspecified atom stereocenters. The maximum Gasteiger partial charge on any atom is 0.235 e. The highest BCUT2D eigenvalue weighted by Crippen LogP contribution is 2.45.